The van der Waals surface area contributed by atoms with E-state index in [1.165, 1.54) is 4.80 Å². The standard InChI is InChI=1S/C7H8N6O/c1-12-4-2-3-5(12)13-10-7(6(8)14)9-11-13/h2-4H,1H3,(H2,8,14). The maximum absolute atomic E-state index is 10.7. The van der Waals surface area contributed by atoms with E-state index in [2.05, 4.69) is 15.4 Å². The third-order valence-electron chi connectivity index (χ3n) is 1.76. The van der Waals surface area contributed by atoms with Gasteiger partial charge in [0.15, 0.2) is 5.82 Å². The van der Waals surface area contributed by atoms with Gasteiger partial charge < -0.3 is 10.3 Å². The minimum Gasteiger partial charge on any atom is -0.363 e. The predicted octanol–water partition coefficient (Wildman–Crippen LogP) is -0.900. The van der Waals surface area contributed by atoms with Crippen molar-refractivity contribution in [2.45, 2.75) is 0 Å². The molecule has 0 spiro atoms. The van der Waals surface area contributed by atoms with E-state index < -0.39 is 5.91 Å². The zero-order valence-corrected chi connectivity index (χ0v) is 7.45. The Morgan fingerprint density at radius 2 is 2.36 bits per heavy atom. The van der Waals surface area contributed by atoms with Crippen LogP contribution in [0.15, 0.2) is 18.3 Å². The highest BCUT2D eigenvalue weighted by atomic mass is 16.1. The second-order valence-corrected chi connectivity index (χ2v) is 2.74. The van der Waals surface area contributed by atoms with Gasteiger partial charge in [-0.3, -0.25) is 4.79 Å². The molecule has 0 fully saturated rings. The molecule has 0 bridgehead atoms. The first-order chi connectivity index (χ1) is 6.68. The van der Waals surface area contributed by atoms with Crippen molar-refractivity contribution in [2.75, 3.05) is 0 Å². The summed E-state index contributed by atoms with van der Waals surface area (Å²) in [6, 6.07) is 3.63. The summed E-state index contributed by atoms with van der Waals surface area (Å²) in [7, 11) is 1.84. The summed E-state index contributed by atoms with van der Waals surface area (Å²) < 4.78 is 1.80. The van der Waals surface area contributed by atoms with Crippen LogP contribution in [0.4, 0.5) is 0 Å². The Bertz CT molecular complexity index is 470. The molecule has 2 heterocycles. The SMILES string of the molecule is Cn1cccc1-n1nnc(C(N)=O)n1. The molecule has 0 unspecified atom stereocenters. The van der Waals surface area contributed by atoms with Crippen LogP contribution in [0.1, 0.15) is 10.6 Å². The number of aromatic nitrogens is 5. The van der Waals surface area contributed by atoms with E-state index in [4.69, 9.17) is 5.73 Å². The molecule has 7 nitrogen and oxygen atoms in total. The van der Waals surface area contributed by atoms with Gasteiger partial charge in [-0.1, -0.05) is 0 Å². The Morgan fingerprint density at radius 3 is 2.86 bits per heavy atom. The number of carbonyl (C=O) groups is 1. The maximum Gasteiger partial charge on any atom is 0.290 e. The minimum absolute atomic E-state index is 0.0915. The van der Waals surface area contributed by atoms with Crippen molar-refractivity contribution < 1.29 is 4.79 Å². The van der Waals surface area contributed by atoms with Crippen LogP contribution in [-0.2, 0) is 7.05 Å². The summed E-state index contributed by atoms with van der Waals surface area (Å²) in [4.78, 5) is 12.0. The molecule has 0 aliphatic rings. The quantitative estimate of drug-likeness (QED) is 0.667. The number of hydrogen-bond donors (Lipinski definition) is 1. The molecule has 2 aromatic heterocycles. The Hall–Kier alpha value is -2.18. The average Bonchev–Trinajstić information content (AvgIpc) is 2.71. The Kier molecular flexibility index (Phi) is 1.77. The van der Waals surface area contributed by atoms with E-state index in [9.17, 15) is 4.79 Å². The van der Waals surface area contributed by atoms with Crippen LogP contribution >= 0.6 is 0 Å². The molecule has 0 aromatic carbocycles. The highest BCUT2D eigenvalue weighted by Crippen LogP contribution is 2.03. The van der Waals surface area contributed by atoms with Gasteiger partial charge >= 0.3 is 0 Å². The van der Waals surface area contributed by atoms with Crippen LogP contribution in [0.2, 0.25) is 0 Å². The zero-order chi connectivity index (χ0) is 10.1. The van der Waals surface area contributed by atoms with Crippen molar-refractivity contribution in [3.8, 4) is 5.82 Å². The summed E-state index contributed by atoms with van der Waals surface area (Å²) in [6.07, 6.45) is 1.84. The van der Waals surface area contributed by atoms with Crippen LogP contribution in [0.3, 0.4) is 0 Å². The molecule has 0 radical (unpaired) electrons. The molecule has 0 aliphatic heterocycles. The monoisotopic (exact) mass is 192 g/mol. The molecule has 2 aromatic rings. The van der Waals surface area contributed by atoms with E-state index in [1.54, 1.807) is 10.6 Å². The van der Waals surface area contributed by atoms with Crippen molar-refractivity contribution in [1.82, 2.24) is 24.8 Å². The molecular formula is C7H8N6O. The molecule has 72 valence electrons. The number of carbonyl (C=O) groups excluding carboxylic acids is 1. The number of primary amides is 1. The fourth-order valence-electron chi connectivity index (χ4n) is 1.07. The van der Waals surface area contributed by atoms with E-state index >= 15 is 0 Å². The number of aryl methyl sites for hydroxylation is 1. The number of nitrogens with zero attached hydrogens (tertiary/aromatic N) is 5. The number of amides is 1. The highest BCUT2D eigenvalue weighted by Gasteiger charge is 2.10. The van der Waals surface area contributed by atoms with E-state index in [1.807, 2.05) is 19.3 Å². The van der Waals surface area contributed by atoms with Gasteiger partial charge in [0.25, 0.3) is 11.7 Å². The van der Waals surface area contributed by atoms with Gasteiger partial charge in [0.05, 0.1) is 0 Å². The molecule has 2 N–H and O–H groups in total. The van der Waals surface area contributed by atoms with Gasteiger partial charge in [0, 0.05) is 13.2 Å². The number of hydrogen-bond acceptors (Lipinski definition) is 4. The second kappa shape index (κ2) is 2.95. The highest BCUT2D eigenvalue weighted by molar-refractivity contribution is 5.88. The minimum atomic E-state index is -0.689. The van der Waals surface area contributed by atoms with E-state index in [0.29, 0.717) is 5.82 Å². The average molecular weight is 192 g/mol. The van der Waals surface area contributed by atoms with E-state index in [-0.39, 0.29) is 5.82 Å². The van der Waals surface area contributed by atoms with E-state index in [0.717, 1.165) is 0 Å². The molecule has 0 atom stereocenters. The van der Waals surface area contributed by atoms with Gasteiger partial charge in [0.2, 0.25) is 0 Å². The van der Waals surface area contributed by atoms with Gasteiger partial charge in [-0.05, 0) is 17.3 Å². The summed E-state index contributed by atoms with van der Waals surface area (Å²) in [5.74, 6) is -0.0679. The van der Waals surface area contributed by atoms with Crippen molar-refractivity contribution in [2.24, 2.45) is 12.8 Å². The third-order valence-corrected chi connectivity index (χ3v) is 1.76. The fraction of sp³-hybridized carbons (Fsp3) is 0.143. The lowest BCUT2D eigenvalue weighted by atomic mass is 10.6. The van der Waals surface area contributed by atoms with Crippen molar-refractivity contribution in [3.63, 3.8) is 0 Å². The number of nitrogens with two attached hydrogens (primary N) is 1. The van der Waals surface area contributed by atoms with Crippen LogP contribution in [0, 0.1) is 0 Å². The topological polar surface area (TPSA) is 91.6 Å². The van der Waals surface area contributed by atoms with Crippen molar-refractivity contribution in [3.05, 3.63) is 24.2 Å². The van der Waals surface area contributed by atoms with Crippen LogP contribution in [0.25, 0.3) is 5.82 Å². The molecule has 7 heteroatoms. The first-order valence-electron chi connectivity index (χ1n) is 3.90. The normalized spacial score (nSPS) is 10.4. The predicted molar refractivity (Wildman–Crippen MR) is 46.6 cm³/mol. The molecule has 1 amide bonds. The smallest absolute Gasteiger partial charge is 0.290 e. The molecule has 14 heavy (non-hydrogen) atoms. The third kappa shape index (κ3) is 1.24. The first kappa shape index (κ1) is 8.42. The largest absolute Gasteiger partial charge is 0.363 e. The molecular weight excluding hydrogens is 184 g/mol. The van der Waals surface area contributed by atoms with Crippen LogP contribution in [0.5, 0.6) is 0 Å². The van der Waals surface area contributed by atoms with Crippen molar-refractivity contribution >= 4 is 5.91 Å². The summed E-state index contributed by atoms with van der Waals surface area (Å²) in [6.45, 7) is 0. The first-order valence-corrected chi connectivity index (χ1v) is 3.90. The summed E-state index contributed by atoms with van der Waals surface area (Å²) >= 11 is 0. The van der Waals surface area contributed by atoms with Crippen LogP contribution in [-0.4, -0.2) is 30.7 Å². The number of tetrazole rings is 1. The summed E-state index contributed by atoms with van der Waals surface area (Å²) in [5.41, 5.74) is 4.99. The van der Waals surface area contributed by atoms with Crippen molar-refractivity contribution in [1.29, 1.82) is 0 Å². The lowest BCUT2D eigenvalue weighted by Crippen LogP contribution is -2.13. The fourth-order valence-corrected chi connectivity index (χ4v) is 1.07. The van der Waals surface area contributed by atoms with Gasteiger partial charge in [-0.2, -0.15) is 0 Å². The number of rotatable bonds is 2. The zero-order valence-electron chi connectivity index (χ0n) is 7.45. The van der Waals surface area contributed by atoms with Crippen LogP contribution < -0.4 is 5.73 Å². The summed E-state index contributed by atoms with van der Waals surface area (Å²) in [5, 5.41) is 11.0. The van der Waals surface area contributed by atoms with Gasteiger partial charge in [0.1, 0.15) is 0 Å². The molecule has 2 rings (SSSR count). The molecule has 0 aliphatic carbocycles. The Morgan fingerprint density at radius 1 is 1.57 bits per heavy atom. The molecule has 0 saturated heterocycles. The Labute approximate surface area is 79.1 Å². The second-order valence-electron chi connectivity index (χ2n) is 2.74. The lowest BCUT2D eigenvalue weighted by Gasteiger charge is -1.98. The maximum atomic E-state index is 10.7. The Balaban J connectivity index is 2.43. The molecule has 0 saturated carbocycles. The van der Waals surface area contributed by atoms with Gasteiger partial charge in [-0.25, -0.2) is 0 Å². The lowest BCUT2D eigenvalue weighted by molar-refractivity contribution is 0.0990. The van der Waals surface area contributed by atoms with Gasteiger partial charge in [-0.15, -0.1) is 15.0 Å².